The average molecular weight is 473 g/mol. The average Bonchev–Trinajstić information content (AvgIpc) is 3.47. The van der Waals surface area contributed by atoms with E-state index in [9.17, 15) is 9.59 Å². The Balaban J connectivity index is 1.48. The van der Waals surface area contributed by atoms with Crippen LogP contribution >= 0.6 is 11.3 Å². The number of piperazine rings is 1. The summed E-state index contributed by atoms with van der Waals surface area (Å²) in [5.74, 6) is 0.00609. The van der Waals surface area contributed by atoms with Gasteiger partial charge >= 0.3 is 6.03 Å². The van der Waals surface area contributed by atoms with Gasteiger partial charge < -0.3 is 30.7 Å². The quantitative estimate of drug-likeness (QED) is 0.282. The summed E-state index contributed by atoms with van der Waals surface area (Å²) in [6, 6.07) is -0.400. The largest absolute Gasteiger partial charge is 0.346 e. The maximum Gasteiger partial charge on any atom is 0.316 e. The van der Waals surface area contributed by atoms with Crippen molar-refractivity contribution in [2.75, 3.05) is 44.7 Å². The predicted molar refractivity (Wildman–Crippen MR) is 125 cm³/mol. The normalized spacial score (nSPS) is 15.4. The second-order valence-corrected chi connectivity index (χ2v) is 8.85. The van der Waals surface area contributed by atoms with E-state index in [1.807, 2.05) is 6.92 Å². The van der Waals surface area contributed by atoms with Crippen molar-refractivity contribution in [3.63, 3.8) is 0 Å². The van der Waals surface area contributed by atoms with Crippen LogP contribution in [-0.2, 0) is 0 Å². The van der Waals surface area contributed by atoms with E-state index in [1.165, 1.54) is 17.7 Å². The molecule has 3 aromatic rings. The van der Waals surface area contributed by atoms with Crippen molar-refractivity contribution in [1.82, 2.24) is 45.8 Å². The first kappa shape index (κ1) is 22.9. The van der Waals surface area contributed by atoms with Gasteiger partial charge in [0, 0.05) is 32.7 Å². The number of amides is 3. The van der Waals surface area contributed by atoms with E-state index >= 15 is 0 Å². The molecule has 13 heteroatoms. The molecule has 1 fully saturated rings. The van der Waals surface area contributed by atoms with Gasteiger partial charge in [-0.05, 0) is 13.5 Å². The highest BCUT2D eigenvalue weighted by atomic mass is 32.1. The summed E-state index contributed by atoms with van der Waals surface area (Å²) < 4.78 is 0. The summed E-state index contributed by atoms with van der Waals surface area (Å²) in [6.07, 6.45) is 5.48. The van der Waals surface area contributed by atoms with Gasteiger partial charge in [0.15, 0.2) is 22.8 Å². The Morgan fingerprint density at radius 3 is 2.76 bits per heavy atom. The highest BCUT2D eigenvalue weighted by Crippen LogP contribution is 2.24. The fourth-order valence-corrected chi connectivity index (χ4v) is 4.24. The lowest BCUT2D eigenvalue weighted by molar-refractivity contribution is 0.0933. The minimum absolute atomic E-state index is 0.349. The van der Waals surface area contributed by atoms with Gasteiger partial charge in [-0.2, -0.15) is 0 Å². The molecule has 12 nitrogen and oxygen atoms in total. The summed E-state index contributed by atoms with van der Waals surface area (Å²) >= 11 is 1.33. The highest BCUT2D eigenvalue weighted by Gasteiger charge is 2.24. The standard InChI is InChI=1S/C20H28N10O2S/c1-3-4-5-22-19(32)28-17(16-25-13-10-21-12-24-15(13)26-16)27-18(31)14-11-23-20(33-14)30-8-6-29(2)7-9-30/h10-12,17H,3-9H2,1-2H3,(H,27,31)(H2,22,28,32)(H,21,24,25,26). The van der Waals surface area contributed by atoms with E-state index in [4.69, 9.17) is 0 Å². The Labute approximate surface area is 195 Å². The molecule has 176 valence electrons. The molecule has 0 spiro atoms. The topological polar surface area (TPSA) is 144 Å². The molecule has 1 aliphatic rings. The fraction of sp³-hybridized carbons (Fsp3) is 0.500. The third-order valence-corrected chi connectivity index (χ3v) is 6.37. The number of aromatic amines is 1. The Morgan fingerprint density at radius 1 is 1.18 bits per heavy atom. The fourth-order valence-electron chi connectivity index (χ4n) is 3.37. The van der Waals surface area contributed by atoms with Crippen LogP contribution in [0.1, 0.15) is 41.4 Å². The van der Waals surface area contributed by atoms with Gasteiger partial charge in [-0.1, -0.05) is 24.7 Å². The molecule has 0 bridgehead atoms. The molecule has 0 saturated carbocycles. The lowest BCUT2D eigenvalue weighted by Crippen LogP contribution is -2.46. The van der Waals surface area contributed by atoms with Gasteiger partial charge in [0.2, 0.25) is 0 Å². The summed E-state index contributed by atoms with van der Waals surface area (Å²) in [6.45, 7) is 6.23. The third-order valence-electron chi connectivity index (χ3n) is 5.31. The number of urea groups is 1. The molecule has 4 heterocycles. The van der Waals surface area contributed by atoms with E-state index in [2.05, 4.69) is 57.7 Å². The van der Waals surface area contributed by atoms with Crippen LogP contribution in [0.4, 0.5) is 9.93 Å². The van der Waals surface area contributed by atoms with E-state index in [-0.39, 0.29) is 5.91 Å². The van der Waals surface area contributed by atoms with Crippen molar-refractivity contribution in [3.8, 4) is 0 Å². The molecule has 0 aliphatic carbocycles. The number of likely N-dealkylation sites (N-methyl/N-ethyl adjacent to an activating group) is 1. The molecule has 1 aliphatic heterocycles. The summed E-state index contributed by atoms with van der Waals surface area (Å²) in [7, 11) is 2.09. The van der Waals surface area contributed by atoms with Gasteiger partial charge in [0.1, 0.15) is 16.7 Å². The van der Waals surface area contributed by atoms with Crippen molar-refractivity contribution >= 4 is 39.6 Å². The number of hydrogen-bond donors (Lipinski definition) is 4. The molecular weight excluding hydrogens is 444 g/mol. The molecule has 0 radical (unpaired) electrons. The van der Waals surface area contributed by atoms with E-state index in [0.717, 1.165) is 44.2 Å². The number of thiazole rings is 1. The first-order valence-electron chi connectivity index (χ1n) is 10.9. The van der Waals surface area contributed by atoms with Gasteiger partial charge in [0.25, 0.3) is 5.91 Å². The van der Waals surface area contributed by atoms with Crippen molar-refractivity contribution in [2.24, 2.45) is 0 Å². The Bertz CT molecular complexity index is 1060. The molecule has 1 atom stereocenters. The monoisotopic (exact) mass is 472 g/mol. The maximum absolute atomic E-state index is 13.0. The Hall–Kier alpha value is -3.32. The molecule has 3 aromatic heterocycles. The van der Waals surface area contributed by atoms with Crippen molar-refractivity contribution in [2.45, 2.75) is 25.9 Å². The highest BCUT2D eigenvalue weighted by molar-refractivity contribution is 7.17. The molecule has 1 saturated heterocycles. The molecule has 33 heavy (non-hydrogen) atoms. The van der Waals surface area contributed by atoms with Crippen molar-refractivity contribution in [3.05, 3.63) is 29.4 Å². The number of nitrogens with one attached hydrogen (secondary N) is 4. The number of carbonyl (C=O) groups excluding carboxylic acids is 2. The molecule has 3 amide bonds. The van der Waals surface area contributed by atoms with Crippen LogP contribution in [0.15, 0.2) is 18.7 Å². The first-order chi connectivity index (χ1) is 16.0. The SMILES string of the molecule is CCCCNC(=O)NC(NC(=O)c1cnc(N2CCN(C)CC2)s1)c1nc2ncncc2[nH]1. The van der Waals surface area contributed by atoms with Crippen LogP contribution in [-0.4, -0.2) is 81.5 Å². The van der Waals surface area contributed by atoms with Crippen LogP contribution in [0.5, 0.6) is 0 Å². The third kappa shape index (κ3) is 5.73. The zero-order valence-corrected chi connectivity index (χ0v) is 19.5. The maximum atomic E-state index is 13.0. The Kier molecular flexibility index (Phi) is 7.29. The number of rotatable bonds is 8. The van der Waals surface area contributed by atoms with Crippen molar-refractivity contribution < 1.29 is 9.59 Å². The number of imidazole rings is 1. The van der Waals surface area contributed by atoms with Gasteiger partial charge in [-0.15, -0.1) is 0 Å². The predicted octanol–water partition coefficient (Wildman–Crippen LogP) is 1.09. The summed E-state index contributed by atoms with van der Waals surface area (Å²) in [5, 5.41) is 9.22. The van der Waals surface area contributed by atoms with Crippen LogP contribution in [0.2, 0.25) is 0 Å². The number of anilines is 1. The molecule has 4 rings (SSSR count). The first-order valence-corrected chi connectivity index (χ1v) is 11.7. The molecule has 4 N–H and O–H groups in total. The van der Waals surface area contributed by atoms with E-state index in [0.29, 0.717) is 28.4 Å². The minimum Gasteiger partial charge on any atom is -0.346 e. The van der Waals surface area contributed by atoms with Crippen LogP contribution in [0.3, 0.4) is 0 Å². The van der Waals surface area contributed by atoms with Gasteiger partial charge in [-0.25, -0.2) is 24.7 Å². The lowest BCUT2D eigenvalue weighted by Gasteiger charge is -2.32. The second kappa shape index (κ2) is 10.5. The number of aromatic nitrogens is 5. The molecule has 1 unspecified atom stereocenters. The number of carbonyl (C=O) groups is 2. The van der Waals surface area contributed by atoms with Gasteiger partial charge in [0.05, 0.1) is 12.4 Å². The van der Waals surface area contributed by atoms with Gasteiger partial charge in [-0.3, -0.25) is 4.79 Å². The van der Waals surface area contributed by atoms with Crippen LogP contribution in [0, 0.1) is 0 Å². The minimum atomic E-state index is -0.887. The number of unbranched alkanes of at least 4 members (excludes halogenated alkanes) is 1. The zero-order valence-electron chi connectivity index (χ0n) is 18.7. The summed E-state index contributed by atoms with van der Waals surface area (Å²) in [5.41, 5.74) is 1.05. The molecular formula is C20H28N10O2S. The number of nitrogens with zero attached hydrogens (tertiary/aromatic N) is 6. The smallest absolute Gasteiger partial charge is 0.316 e. The van der Waals surface area contributed by atoms with E-state index in [1.54, 1.807) is 12.4 Å². The summed E-state index contributed by atoms with van der Waals surface area (Å²) in [4.78, 5) is 50.3. The number of H-pyrrole nitrogens is 1. The zero-order chi connectivity index (χ0) is 23.2. The number of hydrogen-bond acceptors (Lipinski definition) is 9. The van der Waals surface area contributed by atoms with Crippen molar-refractivity contribution in [1.29, 1.82) is 0 Å². The molecule has 0 aromatic carbocycles. The van der Waals surface area contributed by atoms with Crippen LogP contribution in [0.25, 0.3) is 11.2 Å². The Morgan fingerprint density at radius 2 is 2.00 bits per heavy atom. The number of fused-ring (bicyclic) bond motifs is 1. The van der Waals surface area contributed by atoms with E-state index < -0.39 is 12.2 Å². The van der Waals surface area contributed by atoms with Crippen LogP contribution < -0.4 is 20.9 Å². The lowest BCUT2D eigenvalue weighted by atomic mass is 10.3. The second-order valence-electron chi connectivity index (χ2n) is 7.84.